The molecule has 1 aliphatic carbocycles. The first-order valence-electron chi connectivity index (χ1n) is 11.8. The number of likely N-dealkylation sites (tertiary alicyclic amines) is 1. The van der Waals surface area contributed by atoms with Gasteiger partial charge in [0.1, 0.15) is 4.83 Å². The van der Waals surface area contributed by atoms with Crippen molar-refractivity contribution in [1.29, 1.82) is 0 Å². The highest BCUT2D eigenvalue weighted by molar-refractivity contribution is 7.20. The molecule has 0 radical (unpaired) electrons. The van der Waals surface area contributed by atoms with Crippen LogP contribution in [-0.4, -0.2) is 50.3 Å². The van der Waals surface area contributed by atoms with Gasteiger partial charge in [0, 0.05) is 32.6 Å². The number of piperidine rings is 1. The molecule has 1 saturated heterocycles. The summed E-state index contributed by atoms with van der Waals surface area (Å²) in [5, 5.41) is 9.11. The zero-order valence-electron chi connectivity index (χ0n) is 19.4. The van der Waals surface area contributed by atoms with Crippen LogP contribution in [0, 0.1) is 18.8 Å². The summed E-state index contributed by atoms with van der Waals surface area (Å²) in [7, 11) is 0. The van der Waals surface area contributed by atoms with Crippen molar-refractivity contribution in [3.8, 4) is 0 Å². The molecule has 2 fully saturated rings. The largest absolute Gasteiger partial charge is 0.481 e. The van der Waals surface area contributed by atoms with Crippen LogP contribution in [0.1, 0.15) is 60.2 Å². The number of thiophene rings is 1. The third kappa shape index (κ3) is 5.62. The highest BCUT2D eigenvalue weighted by Crippen LogP contribution is 2.34. The molecular formula is C23H28F3N3O5S. The number of aromatic nitrogens is 2. The number of nitrogens with zero attached hydrogens (tertiary/aromatic N) is 3. The Morgan fingerprint density at radius 2 is 1.69 bits per heavy atom. The van der Waals surface area contributed by atoms with Crippen LogP contribution in [0.25, 0.3) is 10.2 Å². The lowest BCUT2D eigenvalue weighted by atomic mass is 9.93. The van der Waals surface area contributed by atoms with Crippen LogP contribution in [0.2, 0.25) is 0 Å². The summed E-state index contributed by atoms with van der Waals surface area (Å²) in [5.74, 6) is -0.835. The van der Waals surface area contributed by atoms with Crippen LogP contribution in [-0.2, 0) is 17.9 Å². The molecule has 1 saturated carbocycles. The molecule has 12 heteroatoms. The van der Waals surface area contributed by atoms with Gasteiger partial charge in [-0.1, -0.05) is 12.8 Å². The fourth-order valence-corrected chi connectivity index (χ4v) is 5.97. The number of carbonyl (C=O) groups is 2. The average molecular weight is 516 g/mol. The Labute approximate surface area is 203 Å². The minimum Gasteiger partial charge on any atom is -0.481 e. The lowest BCUT2D eigenvalue weighted by Crippen LogP contribution is -2.40. The quantitative estimate of drug-likeness (QED) is 0.579. The van der Waals surface area contributed by atoms with Crippen molar-refractivity contribution in [2.24, 2.45) is 11.8 Å². The number of alkyl halides is 3. The van der Waals surface area contributed by atoms with E-state index in [0.717, 1.165) is 33.3 Å². The van der Waals surface area contributed by atoms with E-state index < -0.39 is 36.4 Å². The van der Waals surface area contributed by atoms with Crippen molar-refractivity contribution in [3.63, 3.8) is 0 Å². The molecule has 2 aromatic heterocycles. The van der Waals surface area contributed by atoms with E-state index in [1.54, 1.807) is 11.8 Å². The normalized spacial score (nSPS) is 17.3. The van der Waals surface area contributed by atoms with Gasteiger partial charge in [0.2, 0.25) is 0 Å². The number of aliphatic carboxylic acids is 1. The number of hydrogen-bond donors (Lipinski definition) is 1. The van der Waals surface area contributed by atoms with E-state index in [1.807, 2.05) is 0 Å². The second-order valence-corrected chi connectivity index (χ2v) is 10.6. The summed E-state index contributed by atoms with van der Waals surface area (Å²) in [6.45, 7) is 1.82. The topological polar surface area (TPSA) is 102 Å². The number of carboxylic acids is 1. The Morgan fingerprint density at radius 1 is 1.03 bits per heavy atom. The molecule has 192 valence electrons. The Morgan fingerprint density at radius 3 is 2.26 bits per heavy atom. The Hall–Kier alpha value is -2.63. The molecule has 0 bridgehead atoms. The monoisotopic (exact) mass is 515 g/mol. The maximum absolute atomic E-state index is 13.3. The molecule has 1 amide bonds. The van der Waals surface area contributed by atoms with Gasteiger partial charge in [-0.25, -0.2) is 4.79 Å². The van der Waals surface area contributed by atoms with Crippen LogP contribution >= 0.6 is 11.3 Å². The van der Waals surface area contributed by atoms with Crippen LogP contribution < -0.4 is 11.2 Å². The van der Waals surface area contributed by atoms with Crippen molar-refractivity contribution in [1.82, 2.24) is 14.0 Å². The summed E-state index contributed by atoms with van der Waals surface area (Å²) < 4.78 is 41.0. The molecule has 3 heterocycles. The van der Waals surface area contributed by atoms with Crippen LogP contribution in [0.3, 0.4) is 0 Å². The van der Waals surface area contributed by atoms with Gasteiger partial charge in [-0.15, -0.1) is 11.3 Å². The molecule has 1 N–H and O–H groups in total. The molecule has 0 atom stereocenters. The number of amides is 1. The second-order valence-electron chi connectivity index (χ2n) is 9.56. The second kappa shape index (κ2) is 9.79. The summed E-state index contributed by atoms with van der Waals surface area (Å²) in [6, 6.07) is 0. The first-order valence-corrected chi connectivity index (χ1v) is 12.6. The van der Waals surface area contributed by atoms with E-state index in [2.05, 4.69) is 0 Å². The SMILES string of the molecule is Cc1c(C(=O)N2CCC(CC(=O)O)CC2)sc2c1c(=O)n(CCC1CC1)c(=O)n2CCC(F)(F)F. The number of aryl methyl sites for hydroxylation is 2. The summed E-state index contributed by atoms with van der Waals surface area (Å²) in [4.78, 5) is 52.5. The smallest absolute Gasteiger partial charge is 0.390 e. The molecule has 4 rings (SSSR count). The van der Waals surface area contributed by atoms with E-state index in [1.165, 1.54) is 0 Å². The highest BCUT2D eigenvalue weighted by Gasteiger charge is 2.32. The van der Waals surface area contributed by atoms with Crippen LogP contribution in [0.15, 0.2) is 9.59 Å². The minimum absolute atomic E-state index is 0.0220. The number of halogens is 3. The molecule has 0 spiro atoms. The minimum atomic E-state index is -4.48. The van der Waals surface area contributed by atoms with Gasteiger partial charge in [-0.3, -0.25) is 23.5 Å². The maximum atomic E-state index is 13.3. The first kappa shape index (κ1) is 25.5. The Kier molecular flexibility index (Phi) is 7.12. The first-order chi connectivity index (χ1) is 16.5. The zero-order chi connectivity index (χ0) is 25.5. The number of carboxylic acid groups (broad SMARTS) is 1. The molecule has 2 aromatic rings. The van der Waals surface area contributed by atoms with Gasteiger partial charge in [0.25, 0.3) is 11.5 Å². The molecule has 0 unspecified atom stereocenters. The van der Waals surface area contributed by atoms with Gasteiger partial charge in [0.05, 0.1) is 16.7 Å². The van der Waals surface area contributed by atoms with Crippen LogP contribution in [0.4, 0.5) is 13.2 Å². The summed E-state index contributed by atoms with van der Waals surface area (Å²) >= 11 is 0.885. The standard InChI is InChI=1S/C23H28F3N3O5S/c1-13-17-19(32)28(10-6-14-2-3-14)22(34)29(11-7-23(24,25)26)21(17)35-18(13)20(33)27-8-4-15(5-9-27)12-16(30)31/h14-15H,2-12H2,1H3,(H,30,31). The van der Waals surface area contributed by atoms with E-state index in [-0.39, 0.29) is 39.9 Å². The van der Waals surface area contributed by atoms with Crippen LogP contribution in [0.5, 0.6) is 0 Å². The van der Waals surface area contributed by atoms with E-state index in [0.29, 0.717) is 43.8 Å². The number of hydrogen-bond acceptors (Lipinski definition) is 5. The van der Waals surface area contributed by atoms with Crippen molar-refractivity contribution in [3.05, 3.63) is 31.3 Å². The van der Waals surface area contributed by atoms with Crippen molar-refractivity contribution >= 4 is 33.4 Å². The van der Waals surface area contributed by atoms with Gasteiger partial charge in [-0.2, -0.15) is 13.2 Å². The van der Waals surface area contributed by atoms with Crippen molar-refractivity contribution in [2.45, 2.75) is 71.1 Å². The third-order valence-corrected chi connectivity index (χ3v) is 8.23. The van der Waals surface area contributed by atoms with Crippen molar-refractivity contribution in [2.75, 3.05) is 13.1 Å². The summed E-state index contributed by atoms with van der Waals surface area (Å²) in [5.41, 5.74) is -0.974. The Balaban J connectivity index is 1.70. The fraction of sp³-hybridized carbons (Fsp3) is 0.652. The van der Waals surface area contributed by atoms with E-state index >= 15 is 0 Å². The highest BCUT2D eigenvalue weighted by atomic mass is 32.1. The molecule has 35 heavy (non-hydrogen) atoms. The third-order valence-electron chi connectivity index (χ3n) is 6.93. The van der Waals surface area contributed by atoms with Gasteiger partial charge >= 0.3 is 17.8 Å². The predicted molar refractivity (Wildman–Crippen MR) is 124 cm³/mol. The Bertz CT molecular complexity index is 1250. The van der Waals surface area contributed by atoms with E-state index in [4.69, 9.17) is 5.11 Å². The molecule has 0 aromatic carbocycles. The van der Waals surface area contributed by atoms with E-state index in [9.17, 15) is 32.3 Å². The van der Waals surface area contributed by atoms with Gasteiger partial charge < -0.3 is 10.0 Å². The molecule has 8 nitrogen and oxygen atoms in total. The average Bonchev–Trinajstić information content (AvgIpc) is 3.54. The lowest BCUT2D eigenvalue weighted by Gasteiger charge is -2.31. The molecule has 1 aliphatic heterocycles. The maximum Gasteiger partial charge on any atom is 0.390 e. The number of fused-ring (bicyclic) bond motifs is 1. The number of carbonyl (C=O) groups excluding carboxylic acids is 1. The zero-order valence-corrected chi connectivity index (χ0v) is 20.2. The van der Waals surface area contributed by atoms with Crippen molar-refractivity contribution < 1.29 is 27.9 Å². The van der Waals surface area contributed by atoms with Gasteiger partial charge in [0.15, 0.2) is 0 Å². The molecule has 2 aliphatic rings. The number of rotatable bonds is 8. The predicted octanol–water partition coefficient (Wildman–Crippen LogP) is 3.61. The lowest BCUT2D eigenvalue weighted by molar-refractivity contribution is -0.138. The summed E-state index contributed by atoms with van der Waals surface area (Å²) in [6.07, 6.45) is -1.96. The molecular weight excluding hydrogens is 487 g/mol. The fourth-order valence-electron chi connectivity index (χ4n) is 4.68. The van der Waals surface area contributed by atoms with Gasteiger partial charge in [-0.05, 0) is 43.6 Å².